The fourth-order valence-corrected chi connectivity index (χ4v) is 2.30. The van der Waals surface area contributed by atoms with Crippen molar-refractivity contribution < 1.29 is 0 Å². The molecule has 1 aliphatic heterocycles. The van der Waals surface area contributed by atoms with Crippen molar-refractivity contribution in [2.75, 3.05) is 18.0 Å². The van der Waals surface area contributed by atoms with Crippen molar-refractivity contribution in [3.8, 4) is 0 Å². The van der Waals surface area contributed by atoms with Gasteiger partial charge in [-0.25, -0.2) is 0 Å². The summed E-state index contributed by atoms with van der Waals surface area (Å²) in [7, 11) is 0. The van der Waals surface area contributed by atoms with Gasteiger partial charge in [-0.05, 0) is 18.3 Å². The molecule has 1 aliphatic rings. The van der Waals surface area contributed by atoms with Crippen molar-refractivity contribution in [2.45, 2.75) is 26.7 Å². The zero-order chi connectivity index (χ0) is 10.9. The van der Waals surface area contributed by atoms with E-state index >= 15 is 0 Å². The Labute approximate surface area is 95.5 Å². The minimum absolute atomic E-state index is 0.383. The highest BCUT2D eigenvalue weighted by atomic mass is 35.5. The highest BCUT2D eigenvalue weighted by Gasteiger charge is 2.26. The maximum Gasteiger partial charge on any atom is 0.153 e. The number of hydrogen-bond donors (Lipinski definition) is 0. The summed E-state index contributed by atoms with van der Waals surface area (Å²) < 4.78 is 0. The van der Waals surface area contributed by atoms with Crippen LogP contribution in [0.1, 0.15) is 26.7 Å². The average molecular weight is 226 g/mol. The van der Waals surface area contributed by atoms with Crippen molar-refractivity contribution in [2.24, 2.45) is 5.41 Å². The Morgan fingerprint density at radius 1 is 1.47 bits per heavy atom. The van der Waals surface area contributed by atoms with Gasteiger partial charge in [-0.1, -0.05) is 25.4 Å². The number of aromatic nitrogens is 2. The SMILES string of the molecule is CC1(C)CCCN(c2cnnc(Cl)c2)C1. The van der Waals surface area contributed by atoms with E-state index in [0.717, 1.165) is 18.8 Å². The normalized spacial score (nSPS) is 20.3. The second-order valence-electron chi connectivity index (χ2n) is 4.93. The summed E-state index contributed by atoms with van der Waals surface area (Å²) in [6.45, 7) is 6.76. The molecule has 0 N–H and O–H groups in total. The van der Waals surface area contributed by atoms with Crippen LogP contribution in [0.25, 0.3) is 0 Å². The Bertz CT molecular complexity index is 351. The molecule has 15 heavy (non-hydrogen) atoms. The summed E-state index contributed by atoms with van der Waals surface area (Å²) >= 11 is 5.83. The predicted octanol–water partition coefficient (Wildman–Crippen LogP) is 2.76. The molecule has 0 atom stereocenters. The number of anilines is 1. The fraction of sp³-hybridized carbons (Fsp3) is 0.636. The second kappa shape index (κ2) is 3.97. The third kappa shape index (κ3) is 2.59. The summed E-state index contributed by atoms with van der Waals surface area (Å²) in [5.74, 6) is 0. The van der Waals surface area contributed by atoms with Crippen LogP contribution in [0.3, 0.4) is 0 Å². The van der Waals surface area contributed by atoms with Crippen LogP contribution in [0.5, 0.6) is 0 Å². The number of rotatable bonds is 1. The van der Waals surface area contributed by atoms with Gasteiger partial charge < -0.3 is 4.90 Å². The molecule has 0 unspecified atom stereocenters. The fourth-order valence-electron chi connectivity index (χ4n) is 2.15. The lowest BCUT2D eigenvalue weighted by Crippen LogP contribution is -2.40. The Kier molecular flexibility index (Phi) is 2.83. The molecule has 82 valence electrons. The molecule has 0 aromatic carbocycles. The van der Waals surface area contributed by atoms with Crippen LogP contribution < -0.4 is 4.90 Å². The molecular weight excluding hydrogens is 210 g/mol. The number of hydrogen-bond acceptors (Lipinski definition) is 3. The van der Waals surface area contributed by atoms with E-state index < -0.39 is 0 Å². The van der Waals surface area contributed by atoms with Gasteiger partial charge in [0.05, 0.1) is 11.9 Å². The first kappa shape index (κ1) is 10.7. The summed E-state index contributed by atoms with van der Waals surface area (Å²) in [5.41, 5.74) is 1.47. The minimum Gasteiger partial charge on any atom is -0.370 e. The zero-order valence-electron chi connectivity index (χ0n) is 9.20. The van der Waals surface area contributed by atoms with Crippen molar-refractivity contribution in [1.29, 1.82) is 0 Å². The molecular formula is C11H16ClN3. The first-order valence-corrected chi connectivity index (χ1v) is 5.68. The summed E-state index contributed by atoms with van der Waals surface area (Å²) in [4.78, 5) is 2.34. The summed E-state index contributed by atoms with van der Waals surface area (Å²) in [6, 6.07) is 1.88. The van der Waals surface area contributed by atoms with E-state index in [1.165, 1.54) is 12.8 Å². The van der Waals surface area contributed by atoms with E-state index in [9.17, 15) is 0 Å². The van der Waals surface area contributed by atoms with E-state index in [1.54, 1.807) is 6.20 Å². The standard InChI is InChI=1S/C11H16ClN3/c1-11(2)4-3-5-15(8-11)9-6-10(12)14-13-7-9/h6-7H,3-5,8H2,1-2H3. The number of piperidine rings is 1. The molecule has 0 spiro atoms. The van der Waals surface area contributed by atoms with E-state index in [1.807, 2.05) is 6.07 Å². The quantitative estimate of drug-likeness (QED) is 0.736. The Morgan fingerprint density at radius 2 is 2.27 bits per heavy atom. The molecule has 2 heterocycles. The molecule has 0 amide bonds. The van der Waals surface area contributed by atoms with Gasteiger partial charge in [0.25, 0.3) is 0 Å². The minimum atomic E-state index is 0.383. The van der Waals surface area contributed by atoms with Crippen LogP contribution in [0.15, 0.2) is 12.3 Å². The third-order valence-corrected chi connectivity index (χ3v) is 3.06. The first-order chi connectivity index (χ1) is 7.07. The van der Waals surface area contributed by atoms with Crippen LogP contribution in [0.4, 0.5) is 5.69 Å². The molecule has 0 saturated carbocycles. The topological polar surface area (TPSA) is 29.0 Å². The van der Waals surface area contributed by atoms with Crippen LogP contribution in [0, 0.1) is 5.41 Å². The number of halogens is 1. The van der Waals surface area contributed by atoms with Gasteiger partial charge in [0.15, 0.2) is 5.15 Å². The van der Waals surface area contributed by atoms with Gasteiger partial charge in [0, 0.05) is 19.2 Å². The predicted molar refractivity (Wildman–Crippen MR) is 62.3 cm³/mol. The number of nitrogens with zero attached hydrogens (tertiary/aromatic N) is 3. The average Bonchev–Trinajstić information content (AvgIpc) is 2.16. The summed E-state index contributed by atoms with van der Waals surface area (Å²) in [5, 5.41) is 8.11. The smallest absolute Gasteiger partial charge is 0.153 e. The molecule has 0 bridgehead atoms. The van der Waals surface area contributed by atoms with Gasteiger partial charge >= 0.3 is 0 Å². The molecule has 0 radical (unpaired) electrons. The maximum absolute atomic E-state index is 5.83. The largest absolute Gasteiger partial charge is 0.370 e. The zero-order valence-corrected chi connectivity index (χ0v) is 9.96. The van der Waals surface area contributed by atoms with Gasteiger partial charge in [-0.15, -0.1) is 5.10 Å². The third-order valence-electron chi connectivity index (χ3n) is 2.88. The van der Waals surface area contributed by atoms with Gasteiger partial charge in [-0.3, -0.25) is 0 Å². The van der Waals surface area contributed by atoms with Crippen LogP contribution in [0.2, 0.25) is 5.15 Å². The summed E-state index contributed by atoms with van der Waals surface area (Å²) in [6.07, 6.45) is 4.30. The highest BCUT2D eigenvalue weighted by molar-refractivity contribution is 6.29. The van der Waals surface area contributed by atoms with E-state index in [2.05, 4.69) is 28.9 Å². The Morgan fingerprint density at radius 3 is 2.93 bits per heavy atom. The molecule has 2 rings (SSSR count). The van der Waals surface area contributed by atoms with Gasteiger partial charge in [-0.2, -0.15) is 5.10 Å². The van der Waals surface area contributed by atoms with Crippen molar-refractivity contribution >= 4 is 17.3 Å². The molecule has 1 aromatic rings. The lowest BCUT2D eigenvalue weighted by molar-refractivity contribution is 0.293. The maximum atomic E-state index is 5.83. The van der Waals surface area contributed by atoms with Crippen LogP contribution in [-0.2, 0) is 0 Å². The first-order valence-electron chi connectivity index (χ1n) is 5.30. The second-order valence-corrected chi connectivity index (χ2v) is 5.31. The molecule has 1 aromatic heterocycles. The molecule has 3 nitrogen and oxygen atoms in total. The Balaban J connectivity index is 2.17. The van der Waals surface area contributed by atoms with E-state index in [0.29, 0.717) is 10.6 Å². The van der Waals surface area contributed by atoms with Gasteiger partial charge in [0.2, 0.25) is 0 Å². The van der Waals surface area contributed by atoms with E-state index in [-0.39, 0.29) is 0 Å². The van der Waals surface area contributed by atoms with Crippen molar-refractivity contribution in [3.63, 3.8) is 0 Å². The molecule has 1 saturated heterocycles. The van der Waals surface area contributed by atoms with Crippen molar-refractivity contribution in [3.05, 3.63) is 17.4 Å². The molecule has 0 aliphatic carbocycles. The van der Waals surface area contributed by atoms with Crippen LogP contribution >= 0.6 is 11.6 Å². The molecule has 1 fully saturated rings. The van der Waals surface area contributed by atoms with Crippen LogP contribution in [-0.4, -0.2) is 23.3 Å². The van der Waals surface area contributed by atoms with Gasteiger partial charge in [0.1, 0.15) is 0 Å². The highest BCUT2D eigenvalue weighted by Crippen LogP contribution is 2.31. The lowest BCUT2D eigenvalue weighted by Gasteiger charge is -2.39. The lowest BCUT2D eigenvalue weighted by atomic mass is 9.84. The monoisotopic (exact) mass is 225 g/mol. The Hall–Kier alpha value is -0.830. The van der Waals surface area contributed by atoms with E-state index in [4.69, 9.17) is 11.6 Å². The molecule has 4 heteroatoms. The van der Waals surface area contributed by atoms with Crippen molar-refractivity contribution in [1.82, 2.24) is 10.2 Å².